The van der Waals surface area contributed by atoms with Crippen LogP contribution in [0, 0.1) is 0 Å². The van der Waals surface area contributed by atoms with Crippen molar-refractivity contribution in [3.05, 3.63) is 30.4 Å². The smallest absolute Gasteiger partial charge is 0.204 e. The van der Waals surface area contributed by atoms with Gasteiger partial charge in [-0.1, -0.05) is 6.08 Å². The van der Waals surface area contributed by atoms with Crippen LogP contribution in [0.3, 0.4) is 0 Å². The molecular formula is C13H16O4. The van der Waals surface area contributed by atoms with Crippen molar-refractivity contribution in [3.8, 4) is 17.2 Å². The summed E-state index contributed by atoms with van der Waals surface area (Å²) < 4.78 is 15.9. The summed E-state index contributed by atoms with van der Waals surface area (Å²) in [6, 6.07) is 3.54. The monoisotopic (exact) mass is 236 g/mol. The second-order valence-electron chi connectivity index (χ2n) is 3.88. The molecule has 0 fully saturated rings. The van der Waals surface area contributed by atoms with Gasteiger partial charge in [0.2, 0.25) is 6.29 Å². The Kier molecular flexibility index (Phi) is 3.24. The highest BCUT2D eigenvalue weighted by Crippen LogP contribution is 2.47. The number of ether oxygens (including phenoxy) is 3. The van der Waals surface area contributed by atoms with Crippen LogP contribution < -0.4 is 14.2 Å². The summed E-state index contributed by atoms with van der Waals surface area (Å²) >= 11 is 0. The number of hydrogen-bond acceptors (Lipinski definition) is 4. The Morgan fingerprint density at radius 2 is 2.18 bits per heavy atom. The third-order valence-electron chi connectivity index (χ3n) is 2.92. The van der Waals surface area contributed by atoms with E-state index >= 15 is 0 Å². The largest absolute Gasteiger partial charge is 0.496 e. The average Bonchev–Trinajstić information content (AvgIpc) is 2.65. The molecule has 4 nitrogen and oxygen atoms in total. The number of fused-ring (bicyclic) bond motifs is 1. The van der Waals surface area contributed by atoms with Gasteiger partial charge in [-0.15, -0.1) is 6.58 Å². The van der Waals surface area contributed by atoms with Crippen LogP contribution in [-0.2, 0) is 0 Å². The third-order valence-corrected chi connectivity index (χ3v) is 2.92. The lowest BCUT2D eigenvalue weighted by Gasteiger charge is -2.13. The summed E-state index contributed by atoms with van der Waals surface area (Å²) in [5.74, 6) is 1.79. The van der Waals surface area contributed by atoms with E-state index in [2.05, 4.69) is 6.58 Å². The van der Waals surface area contributed by atoms with E-state index in [1.165, 1.54) is 0 Å². The van der Waals surface area contributed by atoms with Gasteiger partial charge in [0, 0.05) is 17.7 Å². The molecule has 1 aliphatic heterocycles. The lowest BCUT2D eigenvalue weighted by molar-refractivity contribution is -0.0176. The maximum atomic E-state index is 9.86. The van der Waals surface area contributed by atoms with E-state index in [9.17, 15) is 5.11 Å². The zero-order valence-electron chi connectivity index (χ0n) is 9.97. The number of aliphatic hydroxyl groups is 1. The molecule has 17 heavy (non-hydrogen) atoms. The summed E-state index contributed by atoms with van der Waals surface area (Å²) in [5, 5.41) is 9.86. The fourth-order valence-electron chi connectivity index (χ4n) is 2.10. The lowest BCUT2D eigenvalue weighted by atomic mass is 9.95. The minimum absolute atomic E-state index is 0.136. The van der Waals surface area contributed by atoms with Crippen LogP contribution in [0.5, 0.6) is 17.2 Å². The van der Waals surface area contributed by atoms with Crippen molar-refractivity contribution in [2.75, 3.05) is 14.2 Å². The normalized spacial score (nSPS) is 21.6. The maximum Gasteiger partial charge on any atom is 0.204 e. The van der Waals surface area contributed by atoms with Crippen LogP contribution in [0.4, 0.5) is 0 Å². The first kappa shape index (κ1) is 11.8. The Balaban J connectivity index is 2.49. The van der Waals surface area contributed by atoms with E-state index < -0.39 is 6.29 Å². The molecule has 1 aromatic carbocycles. The van der Waals surface area contributed by atoms with Gasteiger partial charge in [-0.25, -0.2) is 0 Å². The molecule has 0 bridgehead atoms. The number of hydrogen-bond donors (Lipinski definition) is 1. The number of benzene rings is 1. The summed E-state index contributed by atoms with van der Waals surface area (Å²) in [6.07, 6.45) is 1.54. The zero-order valence-corrected chi connectivity index (χ0v) is 9.97. The van der Waals surface area contributed by atoms with Crippen molar-refractivity contribution in [1.82, 2.24) is 0 Å². The predicted molar refractivity (Wildman–Crippen MR) is 63.7 cm³/mol. The van der Waals surface area contributed by atoms with E-state index in [1.807, 2.05) is 0 Å². The minimum Gasteiger partial charge on any atom is -0.496 e. The minimum atomic E-state index is -0.857. The van der Waals surface area contributed by atoms with Crippen molar-refractivity contribution in [3.63, 3.8) is 0 Å². The van der Waals surface area contributed by atoms with Crippen LogP contribution in [0.2, 0.25) is 0 Å². The van der Waals surface area contributed by atoms with E-state index in [0.29, 0.717) is 23.7 Å². The van der Waals surface area contributed by atoms with Gasteiger partial charge >= 0.3 is 0 Å². The SMILES string of the molecule is C=CCC1c2c(OC)cc(OC)cc2OC1O. The van der Waals surface area contributed by atoms with E-state index in [1.54, 1.807) is 32.4 Å². The number of methoxy groups -OCH3 is 2. The standard InChI is InChI=1S/C13H16O4/c1-4-5-9-12-10(16-3)6-8(15-2)7-11(12)17-13(9)14/h4,6-7,9,13-14H,1,5H2,2-3H3. The zero-order chi connectivity index (χ0) is 12.4. The summed E-state index contributed by atoms with van der Waals surface area (Å²) in [7, 11) is 3.17. The van der Waals surface area contributed by atoms with Crippen molar-refractivity contribution in [2.24, 2.45) is 0 Å². The van der Waals surface area contributed by atoms with Gasteiger partial charge in [-0.3, -0.25) is 0 Å². The Labute approximate surface area is 100 Å². The summed E-state index contributed by atoms with van der Waals surface area (Å²) in [4.78, 5) is 0. The molecule has 92 valence electrons. The summed E-state index contributed by atoms with van der Waals surface area (Å²) in [6.45, 7) is 3.69. The highest BCUT2D eigenvalue weighted by molar-refractivity contribution is 5.55. The van der Waals surface area contributed by atoms with Gasteiger partial charge in [0.1, 0.15) is 17.2 Å². The van der Waals surface area contributed by atoms with Crippen LogP contribution in [0.15, 0.2) is 24.8 Å². The second-order valence-corrected chi connectivity index (χ2v) is 3.88. The first-order chi connectivity index (χ1) is 8.21. The third kappa shape index (κ3) is 1.96. The van der Waals surface area contributed by atoms with E-state index in [0.717, 1.165) is 5.56 Å². The van der Waals surface area contributed by atoms with Crippen LogP contribution in [-0.4, -0.2) is 25.6 Å². The van der Waals surface area contributed by atoms with Crippen LogP contribution >= 0.6 is 0 Å². The summed E-state index contributed by atoms with van der Waals surface area (Å²) in [5.41, 5.74) is 0.876. The first-order valence-corrected chi connectivity index (χ1v) is 5.42. The molecule has 2 rings (SSSR count). The molecule has 1 aliphatic rings. The highest BCUT2D eigenvalue weighted by atomic mass is 16.6. The van der Waals surface area contributed by atoms with Crippen molar-refractivity contribution < 1.29 is 19.3 Å². The van der Waals surface area contributed by atoms with Gasteiger partial charge in [0.15, 0.2) is 0 Å². The van der Waals surface area contributed by atoms with Crippen molar-refractivity contribution >= 4 is 0 Å². The molecule has 0 radical (unpaired) electrons. The molecule has 0 aromatic heterocycles. The van der Waals surface area contributed by atoms with Gasteiger partial charge in [-0.05, 0) is 6.42 Å². The Hall–Kier alpha value is -1.68. The number of rotatable bonds is 4. The average molecular weight is 236 g/mol. The molecule has 0 aliphatic carbocycles. The Bertz CT molecular complexity index is 428. The quantitative estimate of drug-likeness (QED) is 0.813. The van der Waals surface area contributed by atoms with E-state index in [-0.39, 0.29) is 5.92 Å². The Morgan fingerprint density at radius 3 is 2.76 bits per heavy atom. The van der Waals surface area contributed by atoms with Gasteiger partial charge in [0.25, 0.3) is 0 Å². The molecule has 0 amide bonds. The molecule has 0 spiro atoms. The van der Waals surface area contributed by atoms with E-state index in [4.69, 9.17) is 14.2 Å². The molecule has 1 N–H and O–H groups in total. The predicted octanol–water partition coefficient (Wildman–Crippen LogP) is 2.07. The highest BCUT2D eigenvalue weighted by Gasteiger charge is 2.35. The molecule has 2 atom stereocenters. The van der Waals surface area contributed by atoms with Gasteiger partial charge < -0.3 is 19.3 Å². The molecule has 4 heteroatoms. The lowest BCUT2D eigenvalue weighted by Crippen LogP contribution is -2.17. The number of allylic oxidation sites excluding steroid dienone is 1. The fraction of sp³-hybridized carbons (Fsp3) is 0.385. The van der Waals surface area contributed by atoms with Crippen molar-refractivity contribution in [1.29, 1.82) is 0 Å². The molecule has 0 saturated carbocycles. The van der Waals surface area contributed by atoms with Gasteiger partial charge in [0.05, 0.1) is 20.1 Å². The Morgan fingerprint density at radius 1 is 1.41 bits per heavy atom. The molecule has 1 heterocycles. The topological polar surface area (TPSA) is 47.9 Å². The van der Waals surface area contributed by atoms with Crippen molar-refractivity contribution in [2.45, 2.75) is 18.6 Å². The first-order valence-electron chi connectivity index (χ1n) is 5.42. The molecule has 0 saturated heterocycles. The number of aliphatic hydroxyl groups excluding tert-OH is 1. The second kappa shape index (κ2) is 4.67. The fourth-order valence-corrected chi connectivity index (χ4v) is 2.10. The van der Waals surface area contributed by atoms with Crippen LogP contribution in [0.1, 0.15) is 17.9 Å². The molecular weight excluding hydrogens is 220 g/mol. The molecule has 2 unspecified atom stereocenters. The van der Waals surface area contributed by atoms with Gasteiger partial charge in [-0.2, -0.15) is 0 Å². The maximum absolute atomic E-state index is 9.86. The van der Waals surface area contributed by atoms with Crippen LogP contribution in [0.25, 0.3) is 0 Å². The molecule has 1 aromatic rings.